The summed E-state index contributed by atoms with van der Waals surface area (Å²) in [4.78, 5) is 28.5. The lowest BCUT2D eigenvalue weighted by Gasteiger charge is -2.41. The highest BCUT2D eigenvalue weighted by molar-refractivity contribution is 6.04. The van der Waals surface area contributed by atoms with Crippen molar-refractivity contribution in [3.8, 4) is 0 Å². The Kier molecular flexibility index (Phi) is 6.16. The smallest absolute Gasteiger partial charge is 0.301 e. The minimum atomic E-state index is -0.799. The predicted octanol–water partition coefficient (Wildman–Crippen LogP) is 3.58. The van der Waals surface area contributed by atoms with Crippen molar-refractivity contribution in [3.05, 3.63) is 87.6 Å². The molecular formula is C26H28F2N4O2. The lowest BCUT2D eigenvalue weighted by molar-refractivity contribution is 0.0765. The molecule has 2 aromatic carbocycles. The normalized spacial score (nSPS) is 17.9. The molecule has 2 aliphatic rings. The van der Waals surface area contributed by atoms with Gasteiger partial charge in [-0.05, 0) is 80.7 Å². The largest absolute Gasteiger partial charge is 0.345 e. The molecule has 3 aromatic rings. The van der Waals surface area contributed by atoms with Crippen LogP contribution in [0.2, 0.25) is 0 Å². The zero-order valence-corrected chi connectivity index (χ0v) is 19.1. The molecule has 0 saturated carbocycles. The third-order valence-corrected chi connectivity index (χ3v) is 7.31. The predicted molar refractivity (Wildman–Crippen MR) is 124 cm³/mol. The van der Waals surface area contributed by atoms with Crippen LogP contribution in [0.4, 0.5) is 8.78 Å². The van der Waals surface area contributed by atoms with Gasteiger partial charge in [0.1, 0.15) is 17.5 Å². The van der Waals surface area contributed by atoms with Gasteiger partial charge in [0.05, 0.1) is 12.0 Å². The molecule has 1 fully saturated rings. The molecular weight excluding hydrogens is 438 g/mol. The van der Waals surface area contributed by atoms with Crippen molar-refractivity contribution in [1.29, 1.82) is 0 Å². The van der Waals surface area contributed by atoms with Gasteiger partial charge in [-0.15, -0.1) is 0 Å². The standard InChI is InChI=1S/C26H28F2N4O2/c27-21-8-4-19(5-9-21)24(33)26(20-6-10-22(28)11-7-20)12-15-30(16-13-26)17-18-32-25(34)31-14-2-1-3-23(31)29-32/h4-11H,1-3,12-18H2. The molecule has 34 heavy (non-hydrogen) atoms. The molecule has 0 atom stereocenters. The van der Waals surface area contributed by atoms with E-state index in [0.717, 1.165) is 37.2 Å². The van der Waals surface area contributed by atoms with E-state index in [1.807, 2.05) is 0 Å². The number of Topliss-reactive ketones (excluding diaryl/α,β-unsaturated/α-hetero) is 1. The summed E-state index contributed by atoms with van der Waals surface area (Å²) in [5, 5.41) is 4.51. The summed E-state index contributed by atoms with van der Waals surface area (Å²) in [6, 6.07) is 11.8. The molecule has 8 heteroatoms. The monoisotopic (exact) mass is 466 g/mol. The van der Waals surface area contributed by atoms with Crippen molar-refractivity contribution >= 4 is 5.78 Å². The van der Waals surface area contributed by atoms with Gasteiger partial charge in [0.2, 0.25) is 0 Å². The highest BCUT2D eigenvalue weighted by Gasteiger charge is 2.43. The number of ketones is 1. The maximum absolute atomic E-state index is 13.7. The molecule has 0 N–H and O–H groups in total. The summed E-state index contributed by atoms with van der Waals surface area (Å²) in [7, 11) is 0. The fourth-order valence-corrected chi connectivity index (χ4v) is 5.28. The summed E-state index contributed by atoms with van der Waals surface area (Å²) in [6.45, 7) is 3.23. The van der Waals surface area contributed by atoms with E-state index >= 15 is 0 Å². The van der Waals surface area contributed by atoms with E-state index in [1.54, 1.807) is 21.4 Å². The zero-order chi connectivity index (χ0) is 23.7. The molecule has 3 heterocycles. The first-order chi connectivity index (χ1) is 16.5. The van der Waals surface area contributed by atoms with Gasteiger partial charge in [-0.3, -0.25) is 9.36 Å². The van der Waals surface area contributed by atoms with Gasteiger partial charge < -0.3 is 4.90 Å². The first kappa shape index (κ1) is 22.7. The molecule has 0 spiro atoms. The molecule has 2 aliphatic heterocycles. The quantitative estimate of drug-likeness (QED) is 0.521. The maximum Gasteiger partial charge on any atom is 0.345 e. The minimum absolute atomic E-state index is 0.0427. The summed E-state index contributed by atoms with van der Waals surface area (Å²) in [5.41, 5.74) is 0.390. The average Bonchev–Trinajstić information content (AvgIpc) is 3.19. The van der Waals surface area contributed by atoms with Crippen molar-refractivity contribution in [2.24, 2.45) is 0 Å². The van der Waals surface area contributed by atoms with Gasteiger partial charge >= 0.3 is 5.69 Å². The van der Waals surface area contributed by atoms with Crippen LogP contribution in [0.1, 0.15) is 47.4 Å². The van der Waals surface area contributed by atoms with Gasteiger partial charge in [-0.2, -0.15) is 5.10 Å². The second-order valence-corrected chi connectivity index (χ2v) is 9.30. The van der Waals surface area contributed by atoms with Gasteiger partial charge in [0.15, 0.2) is 5.78 Å². The number of halogens is 2. The molecule has 5 rings (SSSR count). The number of nitrogens with zero attached hydrogens (tertiary/aromatic N) is 4. The van der Waals surface area contributed by atoms with Crippen molar-refractivity contribution in [2.45, 2.75) is 50.6 Å². The zero-order valence-electron chi connectivity index (χ0n) is 19.1. The van der Waals surface area contributed by atoms with E-state index in [1.165, 1.54) is 36.4 Å². The first-order valence-corrected chi connectivity index (χ1v) is 11.9. The average molecular weight is 467 g/mol. The van der Waals surface area contributed by atoms with Crippen molar-refractivity contribution in [1.82, 2.24) is 19.2 Å². The number of piperidine rings is 1. The van der Waals surface area contributed by atoms with Crippen LogP contribution in [0.25, 0.3) is 0 Å². The number of carbonyl (C=O) groups is 1. The third-order valence-electron chi connectivity index (χ3n) is 7.31. The van der Waals surface area contributed by atoms with E-state index in [2.05, 4.69) is 10.00 Å². The maximum atomic E-state index is 13.7. The molecule has 0 bridgehead atoms. The summed E-state index contributed by atoms with van der Waals surface area (Å²) >= 11 is 0. The summed E-state index contributed by atoms with van der Waals surface area (Å²) in [5.74, 6) is 0.0593. The molecule has 6 nitrogen and oxygen atoms in total. The Morgan fingerprint density at radius 1 is 0.882 bits per heavy atom. The number of carbonyl (C=O) groups excluding carboxylic acids is 1. The molecule has 0 amide bonds. The Labute approximate surface area is 196 Å². The number of rotatable bonds is 6. The Bertz CT molecular complexity index is 1220. The minimum Gasteiger partial charge on any atom is -0.301 e. The van der Waals surface area contributed by atoms with Crippen molar-refractivity contribution in [2.75, 3.05) is 19.6 Å². The highest BCUT2D eigenvalue weighted by atomic mass is 19.1. The molecule has 0 radical (unpaired) electrons. The SMILES string of the molecule is O=C(c1ccc(F)cc1)C1(c2ccc(F)cc2)CCN(CCn2nc3n(c2=O)CCCC3)CC1. The number of hydrogen-bond donors (Lipinski definition) is 0. The number of aryl methyl sites for hydroxylation is 1. The first-order valence-electron chi connectivity index (χ1n) is 11.9. The Morgan fingerprint density at radius 2 is 1.53 bits per heavy atom. The summed E-state index contributed by atoms with van der Waals surface area (Å²) < 4.78 is 30.4. The Hall–Kier alpha value is -3.13. The van der Waals surface area contributed by atoms with Crippen LogP contribution < -0.4 is 5.69 Å². The van der Waals surface area contributed by atoms with E-state index in [4.69, 9.17) is 0 Å². The Balaban J connectivity index is 1.33. The van der Waals surface area contributed by atoms with Crippen LogP contribution in [0.3, 0.4) is 0 Å². The van der Waals surface area contributed by atoms with Crippen LogP contribution in [0.15, 0.2) is 53.3 Å². The molecule has 0 aliphatic carbocycles. The van der Waals surface area contributed by atoms with Gasteiger partial charge in [0.25, 0.3) is 0 Å². The number of hydrogen-bond acceptors (Lipinski definition) is 4. The number of fused-ring (bicyclic) bond motifs is 1. The van der Waals surface area contributed by atoms with E-state index in [9.17, 15) is 18.4 Å². The van der Waals surface area contributed by atoms with Gasteiger partial charge in [0, 0.05) is 25.1 Å². The highest BCUT2D eigenvalue weighted by Crippen LogP contribution is 2.39. The topological polar surface area (TPSA) is 60.1 Å². The molecule has 0 unspecified atom stereocenters. The van der Waals surface area contributed by atoms with Crippen molar-refractivity contribution < 1.29 is 13.6 Å². The van der Waals surface area contributed by atoms with Crippen LogP contribution in [-0.2, 0) is 24.9 Å². The van der Waals surface area contributed by atoms with Crippen molar-refractivity contribution in [3.63, 3.8) is 0 Å². The number of likely N-dealkylation sites (tertiary alicyclic amines) is 1. The fourth-order valence-electron chi connectivity index (χ4n) is 5.28. The number of aromatic nitrogens is 3. The lowest BCUT2D eigenvalue weighted by Crippen LogP contribution is -2.48. The van der Waals surface area contributed by atoms with Crippen LogP contribution in [-0.4, -0.2) is 44.7 Å². The fraction of sp³-hybridized carbons (Fsp3) is 0.423. The van der Waals surface area contributed by atoms with Crippen LogP contribution >= 0.6 is 0 Å². The Morgan fingerprint density at radius 3 is 2.18 bits per heavy atom. The second-order valence-electron chi connectivity index (χ2n) is 9.30. The number of benzene rings is 2. The van der Waals surface area contributed by atoms with Crippen LogP contribution in [0.5, 0.6) is 0 Å². The molecule has 178 valence electrons. The molecule has 1 aromatic heterocycles. The lowest BCUT2D eigenvalue weighted by atomic mass is 9.68. The second kappa shape index (κ2) is 9.25. The van der Waals surface area contributed by atoms with E-state index < -0.39 is 11.2 Å². The third kappa shape index (κ3) is 4.22. The van der Waals surface area contributed by atoms with E-state index in [0.29, 0.717) is 44.6 Å². The summed E-state index contributed by atoms with van der Waals surface area (Å²) in [6.07, 6.45) is 4.04. The van der Waals surface area contributed by atoms with E-state index in [-0.39, 0.29) is 17.3 Å². The molecule has 1 saturated heterocycles. The van der Waals surface area contributed by atoms with Crippen LogP contribution in [0, 0.1) is 11.6 Å². The van der Waals surface area contributed by atoms with Gasteiger partial charge in [-0.1, -0.05) is 12.1 Å². The van der Waals surface area contributed by atoms with Gasteiger partial charge in [-0.25, -0.2) is 18.3 Å².